The Morgan fingerprint density at radius 1 is 1.35 bits per heavy atom. The molecule has 1 aromatic rings. The zero-order valence-electron chi connectivity index (χ0n) is 9.78. The molecule has 0 unspecified atom stereocenters. The third-order valence-electron chi connectivity index (χ3n) is 3.16. The van der Waals surface area contributed by atoms with Gasteiger partial charge in [0.05, 0.1) is 15.8 Å². The molecular formula is C13H17ClO2S. The zero-order chi connectivity index (χ0) is 12.1. The maximum atomic E-state index is 11.7. The van der Waals surface area contributed by atoms with Gasteiger partial charge in [-0.2, -0.15) is 0 Å². The summed E-state index contributed by atoms with van der Waals surface area (Å²) in [5.74, 6) is 0.696. The molecule has 4 heteroatoms. The first kappa shape index (κ1) is 13.1. The van der Waals surface area contributed by atoms with Gasteiger partial charge in [0, 0.05) is 0 Å². The molecule has 94 valence electrons. The lowest BCUT2D eigenvalue weighted by Gasteiger charge is -2.20. The average molecular weight is 273 g/mol. The molecule has 2 nitrogen and oxygen atoms in total. The highest BCUT2D eigenvalue weighted by atomic mass is 35.5. The van der Waals surface area contributed by atoms with Crippen molar-refractivity contribution in [1.82, 2.24) is 0 Å². The third-order valence-corrected chi connectivity index (χ3v) is 4.43. The molecule has 1 saturated carbocycles. The van der Waals surface area contributed by atoms with Gasteiger partial charge in [0.2, 0.25) is 0 Å². The van der Waals surface area contributed by atoms with Crippen molar-refractivity contribution in [2.24, 2.45) is 5.92 Å². The Hall–Kier alpha value is -0.380. The lowest BCUT2D eigenvalue weighted by Crippen LogP contribution is -2.16. The van der Waals surface area contributed by atoms with E-state index in [4.69, 9.17) is 16.3 Å². The first-order valence-corrected chi connectivity index (χ1v) is 7.31. The number of rotatable bonds is 5. The van der Waals surface area contributed by atoms with Crippen LogP contribution < -0.4 is 0 Å². The van der Waals surface area contributed by atoms with E-state index in [1.165, 1.54) is 43.4 Å². The number of thiophene rings is 1. The summed E-state index contributed by atoms with van der Waals surface area (Å²) in [4.78, 5) is 12.4. The summed E-state index contributed by atoms with van der Waals surface area (Å²) in [6.07, 6.45) is 6.46. The van der Waals surface area contributed by atoms with E-state index in [9.17, 15) is 4.79 Å². The number of hydrogen-bond acceptors (Lipinski definition) is 3. The van der Waals surface area contributed by atoms with E-state index < -0.39 is 0 Å². The molecule has 0 aromatic carbocycles. The number of hydrogen-bond donors (Lipinski definition) is 0. The number of carbonyl (C=O) groups excluding carboxylic acids is 1. The quantitative estimate of drug-likeness (QED) is 0.752. The van der Waals surface area contributed by atoms with Crippen LogP contribution in [0.4, 0.5) is 0 Å². The predicted molar refractivity (Wildman–Crippen MR) is 71.1 cm³/mol. The van der Waals surface area contributed by atoms with Gasteiger partial charge in [-0.1, -0.05) is 30.9 Å². The molecule has 0 radical (unpaired) electrons. The maximum absolute atomic E-state index is 11.7. The molecule has 17 heavy (non-hydrogen) atoms. The monoisotopic (exact) mass is 272 g/mol. The topological polar surface area (TPSA) is 26.3 Å². The minimum atomic E-state index is 0.0395. The fourth-order valence-electron chi connectivity index (χ4n) is 2.21. The van der Waals surface area contributed by atoms with Gasteiger partial charge in [0.25, 0.3) is 0 Å². The van der Waals surface area contributed by atoms with E-state index in [2.05, 4.69) is 0 Å². The van der Waals surface area contributed by atoms with Crippen LogP contribution in [0.2, 0.25) is 4.34 Å². The first-order chi connectivity index (χ1) is 8.25. The summed E-state index contributed by atoms with van der Waals surface area (Å²) in [6, 6.07) is 3.51. The second-order valence-corrected chi connectivity index (χ2v) is 6.26. The highest BCUT2D eigenvalue weighted by Gasteiger charge is 2.15. The van der Waals surface area contributed by atoms with Crippen molar-refractivity contribution in [3.63, 3.8) is 0 Å². The van der Waals surface area contributed by atoms with Gasteiger partial charge in [0.15, 0.2) is 5.78 Å². The smallest absolute Gasteiger partial charge is 0.198 e. The number of ether oxygens (including phenoxy) is 1. The lowest BCUT2D eigenvalue weighted by molar-refractivity contribution is 0.0632. The van der Waals surface area contributed by atoms with Crippen LogP contribution in [0.15, 0.2) is 12.1 Å². The highest BCUT2D eigenvalue weighted by Crippen LogP contribution is 2.24. The van der Waals surface area contributed by atoms with Crippen LogP contribution in [-0.4, -0.2) is 19.0 Å². The Balaban J connectivity index is 1.69. The van der Waals surface area contributed by atoms with Crippen molar-refractivity contribution in [2.45, 2.75) is 32.1 Å². The van der Waals surface area contributed by atoms with Crippen molar-refractivity contribution in [3.8, 4) is 0 Å². The van der Waals surface area contributed by atoms with Crippen LogP contribution in [-0.2, 0) is 4.74 Å². The molecule has 1 aliphatic carbocycles. The van der Waals surface area contributed by atoms with Crippen LogP contribution in [0.3, 0.4) is 0 Å². The van der Waals surface area contributed by atoms with Crippen molar-refractivity contribution in [3.05, 3.63) is 21.3 Å². The van der Waals surface area contributed by atoms with E-state index in [0.29, 0.717) is 15.1 Å². The Labute approximate surface area is 111 Å². The molecule has 1 heterocycles. The largest absolute Gasteiger partial charge is 0.373 e. The highest BCUT2D eigenvalue weighted by molar-refractivity contribution is 7.18. The number of Topliss-reactive ketones (excluding diaryl/α,β-unsaturated/α-hetero) is 1. The molecule has 2 rings (SSSR count). The summed E-state index contributed by atoms with van der Waals surface area (Å²) in [5, 5.41) is 0. The molecular weight excluding hydrogens is 256 g/mol. The van der Waals surface area contributed by atoms with E-state index in [1.807, 2.05) is 0 Å². The molecule has 0 bridgehead atoms. The van der Waals surface area contributed by atoms with Crippen LogP contribution in [0, 0.1) is 5.92 Å². The van der Waals surface area contributed by atoms with Crippen LogP contribution in [0.1, 0.15) is 41.8 Å². The van der Waals surface area contributed by atoms with Crippen LogP contribution >= 0.6 is 22.9 Å². The number of halogens is 1. The normalized spacial score (nSPS) is 17.2. The molecule has 0 saturated heterocycles. The third kappa shape index (κ3) is 4.09. The Bertz CT molecular complexity index is 369. The Morgan fingerprint density at radius 2 is 2.12 bits per heavy atom. The van der Waals surface area contributed by atoms with Gasteiger partial charge in [-0.15, -0.1) is 11.3 Å². The zero-order valence-corrected chi connectivity index (χ0v) is 11.4. The summed E-state index contributed by atoms with van der Waals surface area (Å²) in [5.41, 5.74) is 0. The molecule has 1 fully saturated rings. The van der Waals surface area contributed by atoms with Gasteiger partial charge in [-0.05, 0) is 30.9 Å². The summed E-state index contributed by atoms with van der Waals surface area (Å²) in [7, 11) is 0. The average Bonchev–Trinajstić information content (AvgIpc) is 2.77. The van der Waals surface area contributed by atoms with Crippen molar-refractivity contribution in [2.75, 3.05) is 13.2 Å². The van der Waals surface area contributed by atoms with E-state index in [1.54, 1.807) is 12.1 Å². The Kier molecular flexibility index (Phi) is 5.01. The van der Waals surface area contributed by atoms with E-state index in [-0.39, 0.29) is 12.4 Å². The minimum absolute atomic E-state index is 0.0395. The fourth-order valence-corrected chi connectivity index (χ4v) is 3.17. The number of ketones is 1. The van der Waals surface area contributed by atoms with Crippen molar-refractivity contribution in [1.29, 1.82) is 0 Å². The first-order valence-electron chi connectivity index (χ1n) is 6.12. The lowest BCUT2D eigenvalue weighted by atomic mass is 9.90. The number of carbonyl (C=O) groups is 1. The van der Waals surface area contributed by atoms with Crippen molar-refractivity contribution >= 4 is 28.7 Å². The maximum Gasteiger partial charge on any atom is 0.198 e. The Morgan fingerprint density at radius 3 is 2.76 bits per heavy atom. The van der Waals surface area contributed by atoms with Gasteiger partial charge >= 0.3 is 0 Å². The molecule has 0 atom stereocenters. The van der Waals surface area contributed by atoms with Gasteiger partial charge in [-0.25, -0.2) is 0 Å². The molecule has 1 aliphatic rings. The molecule has 1 aromatic heterocycles. The second-order valence-electron chi connectivity index (χ2n) is 4.55. The second kappa shape index (κ2) is 6.53. The van der Waals surface area contributed by atoms with Crippen LogP contribution in [0.25, 0.3) is 0 Å². The molecule has 0 amide bonds. The van der Waals surface area contributed by atoms with Gasteiger partial charge in [-0.3, -0.25) is 4.79 Å². The minimum Gasteiger partial charge on any atom is -0.373 e. The van der Waals surface area contributed by atoms with Gasteiger partial charge in [0.1, 0.15) is 6.61 Å². The SMILES string of the molecule is O=C(COCC1CCCCC1)c1ccc(Cl)s1. The summed E-state index contributed by atoms with van der Waals surface area (Å²) < 4.78 is 6.17. The van der Waals surface area contributed by atoms with E-state index in [0.717, 1.165) is 6.61 Å². The van der Waals surface area contributed by atoms with Crippen LogP contribution in [0.5, 0.6) is 0 Å². The molecule has 0 spiro atoms. The molecule has 0 aliphatic heterocycles. The summed E-state index contributed by atoms with van der Waals surface area (Å²) >= 11 is 7.10. The van der Waals surface area contributed by atoms with Gasteiger partial charge < -0.3 is 4.74 Å². The summed E-state index contributed by atoms with van der Waals surface area (Å²) in [6.45, 7) is 0.915. The predicted octanol–water partition coefficient (Wildman–Crippen LogP) is 4.18. The molecule has 0 N–H and O–H groups in total. The van der Waals surface area contributed by atoms with E-state index >= 15 is 0 Å². The standard InChI is InChI=1S/C13H17ClO2S/c14-13-7-6-12(17-13)11(15)9-16-8-10-4-2-1-3-5-10/h6-7,10H,1-5,8-9H2. The van der Waals surface area contributed by atoms with Crippen molar-refractivity contribution < 1.29 is 9.53 Å². The fraction of sp³-hybridized carbons (Fsp3) is 0.615.